The number of hydrogen-bond acceptors (Lipinski definition) is 0. The maximum Gasteiger partial charge on any atom is -0.0126 e. The molecule has 0 aliphatic heterocycles. The molecule has 0 heterocycles. The lowest BCUT2D eigenvalue weighted by molar-refractivity contribution is 0.111. The Balaban J connectivity index is 1.48. The van der Waals surface area contributed by atoms with Crippen LogP contribution in [0.3, 0.4) is 0 Å². The molecule has 3 unspecified atom stereocenters. The van der Waals surface area contributed by atoms with Crippen molar-refractivity contribution in [1.29, 1.82) is 0 Å². The SMILES string of the molecule is C[C@H]1CCC2C3CCC4=C(CCC5(CCCC5)C4)C3=CCC21C. The second-order valence-electron chi connectivity index (χ2n) is 10.1. The Kier molecular flexibility index (Phi) is 3.21. The molecule has 2 fully saturated rings. The third-order valence-electron chi connectivity index (χ3n) is 9.22. The third-order valence-corrected chi connectivity index (χ3v) is 9.22. The van der Waals surface area contributed by atoms with E-state index in [0.29, 0.717) is 5.41 Å². The van der Waals surface area contributed by atoms with Crippen LogP contribution in [0.15, 0.2) is 22.8 Å². The zero-order valence-electron chi connectivity index (χ0n) is 15.3. The summed E-state index contributed by atoms with van der Waals surface area (Å²) in [6.07, 6.45) is 20.5. The molecule has 0 bridgehead atoms. The van der Waals surface area contributed by atoms with Gasteiger partial charge in [0.1, 0.15) is 0 Å². The normalized spacial score (nSPS) is 44.8. The first-order valence-electron chi connectivity index (χ1n) is 10.5. The molecule has 4 atom stereocenters. The summed E-state index contributed by atoms with van der Waals surface area (Å²) in [4.78, 5) is 0. The van der Waals surface area contributed by atoms with E-state index in [1.807, 2.05) is 16.7 Å². The van der Waals surface area contributed by atoms with Gasteiger partial charge in [-0.25, -0.2) is 0 Å². The van der Waals surface area contributed by atoms with Crippen molar-refractivity contribution in [2.24, 2.45) is 28.6 Å². The molecule has 0 aromatic rings. The van der Waals surface area contributed by atoms with Crippen LogP contribution in [0.2, 0.25) is 0 Å². The molecule has 5 aliphatic rings. The summed E-state index contributed by atoms with van der Waals surface area (Å²) in [7, 11) is 0. The van der Waals surface area contributed by atoms with Crippen LogP contribution >= 0.6 is 0 Å². The summed E-state index contributed by atoms with van der Waals surface area (Å²) in [6, 6.07) is 0. The topological polar surface area (TPSA) is 0 Å². The second-order valence-corrected chi connectivity index (χ2v) is 10.1. The lowest BCUT2D eigenvalue weighted by Gasteiger charge is -2.49. The zero-order valence-corrected chi connectivity index (χ0v) is 15.3. The van der Waals surface area contributed by atoms with Gasteiger partial charge < -0.3 is 0 Å². The average Bonchev–Trinajstić information content (AvgIpc) is 3.12. The highest BCUT2D eigenvalue weighted by molar-refractivity contribution is 5.44. The van der Waals surface area contributed by atoms with Crippen molar-refractivity contribution in [3.05, 3.63) is 22.8 Å². The summed E-state index contributed by atoms with van der Waals surface area (Å²) >= 11 is 0. The fourth-order valence-corrected chi connectivity index (χ4v) is 7.55. The van der Waals surface area contributed by atoms with E-state index in [4.69, 9.17) is 0 Å². The molecule has 0 nitrogen and oxygen atoms in total. The lowest BCUT2D eigenvalue weighted by atomic mass is 9.56. The van der Waals surface area contributed by atoms with Gasteiger partial charge in [0.05, 0.1) is 0 Å². The second kappa shape index (κ2) is 4.99. The summed E-state index contributed by atoms with van der Waals surface area (Å²) in [5.74, 6) is 2.86. The molecule has 23 heavy (non-hydrogen) atoms. The van der Waals surface area contributed by atoms with Gasteiger partial charge in [0.15, 0.2) is 0 Å². The molecule has 5 rings (SSSR count). The molecule has 2 saturated carbocycles. The molecule has 0 amide bonds. The van der Waals surface area contributed by atoms with E-state index in [1.165, 1.54) is 77.0 Å². The smallest absolute Gasteiger partial charge is 0.0126 e. The molecule has 0 radical (unpaired) electrons. The summed E-state index contributed by atoms with van der Waals surface area (Å²) in [6.45, 7) is 5.14. The van der Waals surface area contributed by atoms with Gasteiger partial charge in [-0.05, 0) is 104 Å². The maximum atomic E-state index is 2.73. The fourth-order valence-electron chi connectivity index (χ4n) is 7.55. The highest BCUT2D eigenvalue weighted by Gasteiger charge is 2.51. The lowest BCUT2D eigenvalue weighted by Crippen LogP contribution is -2.38. The van der Waals surface area contributed by atoms with E-state index < -0.39 is 0 Å². The average molecular weight is 311 g/mol. The highest BCUT2D eigenvalue weighted by Crippen LogP contribution is 2.62. The van der Waals surface area contributed by atoms with Gasteiger partial charge in [-0.15, -0.1) is 0 Å². The van der Waals surface area contributed by atoms with Crippen LogP contribution in [0.1, 0.15) is 90.9 Å². The van der Waals surface area contributed by atoms with Crippen LogP contribution < -0.4 is 0 Å². The Bertz CT molecular complexity index is 571. The predicted octanol–water partition coefficient (Wildman–Crippen LogP) is 6.82. The van der Waals surface area contributed by atoms with Crippen molar-refractivity contribution >= 4 is 0 Å². The standard InChI is InChI=1S/C23H34/c1-16-5-8-21-20-7-6-17-15-23(11-3-4-12-23)14-10-18(17)19(20)9-13-22(16,21)2/h9,16,20-21H,3-8,10-15H2,1-2H3/t16-,20?,21?,22?/m0/s1. The van der Waals surface area contributed by atoms with Crippen LogP contribution in [-0.4, -0.2) is 0 Å². The Labute approximate surface area is 142 Å². The third kappa shape index (κ3) is 2.02. The number of allylic oxidation sites excluding steroid dienone is 4. The Hall–Kier alpha value is -0.520. The number of fused-ring (bicyclic) bond motifs is 4. The van der Waals surface area contributed by atoms with E-state index >= 15 is 0 Å². The summed E-state index contributed by atoms with van der Waals surface area (Å²) < 4.78 is 0. The highest BCUT2D eigenvalue weighted by atomic mass is 14.6. The number of hydrogen-bond donors (Lipinski definition) is 0. The molecule has 0 heteroatoms. The van der Waals surface area contributed by atoms with E-state index in [0.717, 1.165) is 23.2 Å². The molecule has 126 valence electrons. The van der Waals surface area contributed by atoms with Crippen molar-refractivity contribution in [3.63, 3.8) is 0 Å². The van der Waals surface area contributed by atoms with Gasteiger partial charge in [0.25, 0.3) is 0 Å². The maximum absolute atomic E-state index is 2.73. The quantitative estimate of drug-likeness (QED) is 0.460. The van der Waals surface area contributed by atoms with Crippen LogP contribution in [0.4, 0.5) is 0 Å². The van der Waals surface area contributed by atoms with Gasteiger partial charge in [0.2, 0.25) is 0 Å². The summed E-state index contributed by atoms with van der Waals surface area (Å²) in [5.41, 5.74) is 7.01. The van der Waals surface area contributed by atoms with Gasteiger partial charge in [-0.2, -0.15) is 0 Å². The monoisotopic (exact) mass is 310 g/mol. The van der Waals surface area contributed by atoms with Crippen molar-refractivity contribution in [1.82, 2.24) is 0 Å². The van der Waals surface area contributed by atoms with Crippen molar-refractivity contribution < 1.29 is 0 Å². The van der Waals surface area contributed by atoms with Crippen LogP contribution in [-0.2, 0) is 0 Å². The minimum Gasteiger partial charge on any atom is -0.0802 e. The zero-order chi connectivity index (χ0) is 15.7. The molecular weight excluding hydrogens is 276 g/mol. The molecule has 1 spiro atoms. The molecule has 0 aromatic heterocycles. The van der Waals surface area contributed by atoms with Crippen LogP contribution in [0.5, 0.6) is 0 Å². The van der Waals surface area contributed by atoms with Crippen molar-refractivity contribution in [2.75, 3.05) is 0 Å². The minimum atomic E-state index is 0.619. The van der Waals surface area contributed by atoms with E-state index in [1.54, 1.807) is 0 Å². The molecule has 0 saturated heterocycles. The van der Waals surface area contributed by atoms with E-state index in [9.17, 15) is 0 Å². The van der Waals surface area contributed by atoms with Crippen molar-refractivity contribution in [3.8, 4) is 0 Å². The minimum absolute atomic E-state index is 0.619. The Morgan fingerprint density at radius 2 is 1.83 bits per heavy atom. The Morgan fingerprint density at radius 1 is 1.00 bits per heavy atom. The first kappa shape index (κ1) is 14.8. The van der Waals surface area contributed by atoms with Gasteiger partial charge in [0, 0.05) is 0 Å². The number of rotatable bonds is 0. The van der Waals surface area contributed by atoms with Crippen LogP contribution in [0.25, 0.3) is 0 Å². The van der Waals surface area contributed by atoms with Gasteiger partial charge in [-0.1, -0.05) is 38.3 Å². The van der Waals surface area contributed by atoms with Gasteiger partial charge in [-0.3, -0.25) is 0 Å². The molecule has 0 aromatic carbocycles. The largest absolute Gasteiger partial charge is 0.0802 e. The first-order chi connectivity index (χ1) is 11.1. The first-order valence-corrected chi connectivity index (χ1v) is 10.5. The molecule has 0 N–H and O–H groups in total. The van der Waals surface area contributed by atoms with E-state index in [-0.39, 0.29) is 0 Å². The van der Waals surface area contributed by atoms with Crippen LogP contribution in [0, 0.1) is 28.6 Å². The predicted molar refractivity (Wildman–Crippen MR) is 97.2 cm³/mol. The van der Waals surface area contributed by atoms with Gasteiger partial charge >= 0.3 is 0 Å². The summed E-state index contributed by atoms with van der Waals surface area (Å²) in [5, 5.41) is 0. The molecular formula is C23H34. The Morgan fingerprint density at radius 3 is 2.65 bits per heavy atom. The fraction of sp³-hybridized carbons (Fsp3) is 0.826. The van der Waals surface area contributed by atoms with Crippen molar-refractivity contribution in [2.45, 2.75) is 90.9 Å². The molecule has 5 aliphatic carbocycles. The van der Waals surface area contributed by atoms with E-state index in [2.05, 4.69) is 19.9 Å².